The molecule has 2 heterocycles. The lowest BCUT2D eigenvalue weighted by Gasteiger charge is -2.31. The fraction of sp³-hybridized carbons (Fsp3) is 0.286. The Labute approximate surface area is 159 Å². The highest BCUT2D eigenvalue weighted by Crippen LogP contribution is 2.35. The van der Waals surface area contributed by atoms with E-state index < -0.39 is 10.0 Å². The lowest BCUT2D eigenvalue weighted by Crippen LogP contribution is -2.35. The third-order valence-corrected chi connectivity index (χ3v) is 7.20. The van der Waals surface area contributed by atoms with Crippen molar-refractivity contribution in [1.82, 2.24) is 5.16 Å². The van der Waals surface area contributed by atoms with Crippen LogP contribution in [-0.4, -0.2) is 20.1 Å². The van der Waals surface area contributed by atoms with Crippen molar-refractivity contribution in [3.63, 3.8) is 0 Å². The number of aryl methyl sites for hydroxylation is 3. The minimum atomic E-state index is -3.67. The number of benzene rings is 2. The summed E-state index contributed by atoms with van der Waals surface area (Å²) in [4.78, 5) is 0.310. The Morgan fingerprint density at radius 2 is 1.85 bits per heavy atom. The first-order chi connectivity index (χ1) is 12.9. The van der Waals surface area contributed by atoms with Crippen molar-refractivity contribution in [1.29, 1.82) is 0 Å². The molecule has 0 amide bonds. The van der Waals surface area contributed by atoms with Crippen molar-refractivity contribution < 1.29 is 12.9 Å². The standard InChI is InChI=1S/C21H22N2O3S/c1-14-10-11-18(21-15(2)16(3)22-26-21)13-20(14)27(24,25)23-12-6-8-17-7-4-5-9-19(17)23/h4-5,7,9-11,13H,6,8,12H2,1-3H3. The van der Waals surface area contributed by atoms with Gasteiger partial charge in [0.2, 0.25) is 0 Å². The van der Waals surface area contributed by atoms with Gasteiger partial charge in [0.25, 0.3) is 10.0 Å². The second-order valence-electron chi connectivity index (χ2n) is 7.01. The molecule has 6 heteroatoms. The van der Waals surface area contributed by atoms with Crippen LogP contribution in [0.4, 0.5) is 5.69 Å². The molecule has 0 saturated carbocycles. The Morgan fingerprint density at radius 3 is 2.59 bits per heavy atom. The van der Waals surface area contributed by atoms with Crippen LogP contribution in [0.2, 0.25) is 0 Å². The molecule has 4 rings (SSSR count). The third-order valence-electron chi connectivity index (χ3n) is 5.24. The lowest BCUT2D eigenvalue weighted by molar-refractivity contribution is 0.426. The van der Waals surface area contributed by atoms with Crippen LogP contribution in [0.5, 0.6) is 0 Å². The maximum atomic E-state index is 13.5. The Morgan fingerprint density at radius 1 is 1.07 bits per heavy atom. The zero-order valence-electron chi connectivity index (χ0n) is 15.7. The maximum Gasteiger partial charge on any atom is 0.264 e. The Balaban J connectivity index is 1.84. The van der Waals surface area contributed by atoms with E-state index in [1.807, 2.05) is 57.2 Å². The summed E-state index contributed by atoms with van der Waals surface area (Å²) < 4.78 is 34.0. The van der Waals surface area contributed by atoms with Gasteiger partial charge in [-0.2, -0.15) is 0 Å². The number of nitrogens with zero attached hydrogens (tertiary/aromatic N) is 2. The van der Waals surface area contributed by atoms with Gasteiger partial charge in [-0.1, -0.05) is 35.5 Å². The molecule has 0 bridgehead atoms. The summed E-state index contributed by atoms with van der Waals surface area (Å²) in [5, 5.41) is 3.99. The van der Waals surface area contributed by atoms with E-state index in [4.69, 9.17) is 4.52 Å². The molecule has 0 N–H and O–H groups in total. The number of para-hydroxylation sites is 1. The summed E-state index contributed by atoms with van der Waals surface area (Å²) in [7, 11) is -3.67. The molecule has 0 unspecified atom stereocenters. The van der Waals surface area contributed by atoms with E-state index in [-0.39, 0.29) is 0 Å². The summed E-state index contributed by atoms with van der Waals surface area (Å²) in [5.41, 5.74) is 5.02. The van der Waals surface area contributed by atoms with E-state index in [1.165, 1.54) is 4.31 Å². The van der Waals surface area contributed by atoms with Gasteiger partial charge in [0.15, 0.2) is 5.76 Å². The number of hydrogen-bond acceptors (Lipinski definition) is 4. The SMILES string of the molecule is Cc1ccc(-c2onc(C)c2C)cc1S(=O)(=O)N1CCCc2ccccc21. The number of hydrogen-bond donors (Lipinski definition) is 0. The van der Waals surface area contributed by atoms with E-state index >= 15 is 0 Å². The van der Waals surface area contributed by atoms with E-state index in [2.05, 4.69) is 5.16 Å². The van der Waals surface area contributed by atoms with Crippen molar-refractivity contribution >= 4 is 15.7 Å². The summed E-state index contributed by atoms with van der Waals surface area (Å²) in [6.07, 6.45) is 1.72. The Kier molecular flexibility index (Phi) is 4.30. The van der Waals surface area contributed by atoms with Gasteiger partial charge in [0, 0.05) is 17.7 Å². The highest BCUT2D eigenvalue weighted by atomic mass is 32.2. The van der Waals surface area contributed by atoms with Gasteiger partial charge in [0.1, 0.15) is 0 Å². The average Bonchev–Trinajstić information content (AvgIpc) is 3.00. The molecule has 5 nitrogen and oxygen atoms in total. The van der Waals surface area contributed by atoms with Crippen molar-refractivity contribution in [2.75, 3.05) is 10.8 Å². The van der Waals surface area contributed by atoms with E-state index in [0.29, 0.717) is 17.2 Å². The molecule has 3 aromatic rings. The summed E-state index contributed by atoms with van der Waals surface area (Å²) in [6.45, 7) is 6.11. The minimum Gasteiger partial charge on any atom is -0.356 e. The minimum absolute atomic E-state index is 0.310. The monoisotopic (exact) mass is 382 g/mol. The van der Waals surface area contributed by atoms with Gasteiger partial charge in [-0.15, -0.1) is 0 Å². The van der Waals surface area contributed by atoms with Gasteiger partial charge in [-0.3, -0.25) is 4.31 Å². The third kappa shape index (κ3) is 2.94. The predicted octanol–water partition coefficient (Wildman–Crippen LogP) is 4.41. The first kappa shape index (κ1) is 17.8. The van der Waals surface area contributed by atoms with Crippen molar-refractivity contribution in [3.8, 4) is 11.3 Å². The molecule has 1 aliphatic rings. The van der Waals surface area contributed by atoms with Gasteiger partial charge in [-0.05, 0) is 56.9 Å². The van der Waals surface area contributed by atoms with Crippen molar-refractivity contribution in [3.05, 3.63) is 64.8 Å². The van der Waals surface area contributed by atoms with Crippen LogP contribution in [0.25, 0.3) is 11.3 Å². The van der Waals surface area contributed by atoms with Crippen LogP contribution in [0, 0.1) is 20.8 Å². The fourth-order valence-electron chi connectivity index (χ4n) is 3.57. The molecule has 140 valence electrons. The first-order valence-electron chi connectivity index (χ1n) is 9.04. The number of fused-ring (bicyclic) bond motifs is 1. The van der Waals surface area contributed by atoms with E-state index in [1.54, 1.807) is 6.07 Å². The van der Waals surface area contributed by atoms with Crippen LogP contribution < -0.4 is 4.31 Å². The van der Waals surface area contributed by atoms with Gasteiger partial charge in [0.05, 0.1) is 16.3 Å². The number of anilines is 1. The van der Waals surface area contributed by atoms with Gasteiger partial charge < -0.3 is 4.52 Å². The smallest absolute Gasteiger partial charge is 0.264 e. The topological polar surface area (TPSA) is 63.4 Å². The molecule has 0 saturated heterocycles. The summed E-state index contributed by atoms with van der Waals surface area (Å²) in [6, 6.07) is 13.1. The molecule has 0 spiro atoms. The van der Waals surface area contributed by atoms with Crippen LogP contribution in [-0.2, 0) is 16.4 Å². The molecule has 0 aliphatic carbocycles. The molecule has 1 aliphatic heterocycles. The molecular formula is C21H22N2O3S. The molecule has 0 fully saturated rings. The van der Waals surface area contributed by atoms with Crippen LogP contribution in [0.15, 0.2) is 51.9 Å². The zero-order chi connectivity index (χ0) is 19.2. The Bertz CT molecular complexity index is 1120. The quantitative estimate of drug-likeness (QED) is 0.673. The van der Waals surface area contributed by atoms with E-state index in [0.717, 1.165) is 46.5 Å². The van der Waals surface area contributed by atoms with E-state index in [9.17, 15) is 8.42 Å². The molecule has 2 aromatic carbocycles. The highest BCUT2D eigenvalue weighted by molar-refractivity contribution is 7.92. The van der Waals surface area contributed by atoms with Crippen molar-refractivity contribution in [2.45, 2.75) is 38.5 Å². The fourth-order valence-corrected chi connectivity index (χ4v) is 5.37. The van der Waals surface area contributed by atoms with Crippen molar-refractivity contribution in [2.24, 2.45) is 0 Å². The molecular weight excluding hydrogens is 360 g/mol. The largest absolute Gasteiger partial charge is 0.356 e. The molecule has 27 heavy (non-hydrogen) atoms. The number of aromatic nitrogens is 1. The first-order valence-corrected chi connectivity index (χ1v) is 10.5. The molecule has 0 atom stereocenters. The van der Waals surface area contributed by atoms with Gasteiger partial charge in [-0.25, -0.2) is 8.42 Å². The maximum absolute atomic E-state index is 13.5. The normalized spacial score (nSPS) is 14.3. The molecule has 0 radical (unpaired) electrons. The van der Waals surface area contributed by atoms with Crippen LogP contribution in [0.3, 0.4) is 0 Å². The predicted molar refractivity (Wildman–Crippen MR) is 105 cm³/mol. The molecule has 1 aromatic heterocycles. The highest BCUT2D eigenvalue weighted by Gasteiger charge is 2.30. The Hall–Kier alpha value is -2.60. The summed E-state index contributed by atoms with van der Waals surface area (Å²) in [5.74, 6) is 0.614. The summed E-state index contributed by atoms with van der Waals surface area (Å²) >= 11 is 0. The number of rotatable bonds is 3. The van der Waals surface area contributed by atoms with Crippen LogP contribution >= 0.6 is 0 Å². The van der Waals surface area contributed by atoms with Gasteiger partial charge >= 0.3 is 0 Å². The number of sulfonamides is 1. The average molecular weight is 382 g/mol. The second kappa shape index (κ2) is 6.53. The second-order valence-corrected chi connectivity index (χ2v) is 8.84. The zero-order valence-corrected chi connectivity index (χ0v) is 16.5. The van der Waals surface area contributed by atoms with Crippen LogP contribution in [0.1, 0.15) is 28.8 Å². The lowest BCUT2D eigenvalue weighted by atomic mass is 10.0.